The van der Waals surface area contributed by atoms with E-state index >= 15 is 0 Å². The van der Waals surface area contributed by atoms with Crippen molar-refractivity contribution in [3.8, 4) is 0 Å². The van der Waals surface area contributed by atoms with Gasteiger partial charge in [0.15, 0.2) is 5.82 Å². The molecular formula is C21H25N5O3. The van der Waals surface area contributed by atoms with Crippen molar-refractivity contribution in [2.45, 2.75) is 32.8 Å². The number of hydrogen-bond donors (Lipinski definition) is 0. The van der Waals surface area contributed by atoms with E-state index in [2.05, 4.69) is 15.0 Å². The Morgan fingerprint density at radius 2 is 1.83 bits per heavy atom. The quantitative estimate of drug-likeness (QED) is 0.593. The summed E-state index contributed by atoms with van der Waals surface area (Å²) in [5.74, 6) is 1.94. The molecule has 3 aromatic rings. The van der Waals surface area contributed by atoms with Crippen LogP contribution in [-0.2, 0) is 22.5 Å². The maximum atomic E-state index is 11.7. The average Bonchev–Trinajstić information content (AvgIpc) is 3.38. The SMILES string of the molecule is COCc1nc2nc(C)c(Cc3ccc(C(=O)OC)cc3)c(N3CCCC3)n2n1. The molecule has 0 radical (unpaired) electrons. The summed E-state index contributed by atoms with van der Waals surface area (Å²) in [5, 5.41) is 4.65. The summed E-state index contributed by atoms with van der Waals surface area (Å²) < 4.78 is 11.8. The van der Waals surface area contributed by atoms with E-state index < -0.39 is 0 Å². The number of hydrogen-bond acceptors (Lipinski definition) is 7. The fourth-order valence-corrected chi connectivity index (χ4v) is 3.80. The molecule has 1 aliphatic heterocycles. The molecule has 0 atom stereocenters. The third kappa shape index (κ3) is 3.80. The van der Waals surface area contributed by atoms with Crippen molar-refractivity contribution in [1.82, 2.24) is 19.6 Å². The molecular weight excluding hydrogens is 370 g/mol. The molecule has 8 heteroatoms. The Morgan fingerprint density at radius 3 is 2.48 bits per heavy atom. The number of carbonyl (C=O) groups excluding carboxylic acids is 1. The number of nitrogens with zero attached hydrogens (tertiary/aromatic N) is 5. The van der Waals surface area contributed by atoms with Crippen LogP contribution in [0.2, 0.25) is 0 Å². The lowest BCUT2D eigenvalue weighted by Crippen LogP contribution is -2.24. The molecule has 29 heavy (non-hydrogen) atoms. The third-order valence-corrected chi connectivity index (χ3v) is 5.24. The highest BCUT2D eigenvalue weighted by molar-refractivity contribution is 5.89. The lowest BCUT2D eigenvalue weighted by atomic mass is 10.0. The van der Waals surface area contributed by atoms with Gasteiger partial charge >= 0.3 is 5.97 Å². The van der Waals surface area contributed by atoms with Crippen molar-refractivity contribution in [2.75, 3.05) is 32.2 Å². The molecule has 2 aromatic heterocycles. The summed E-state index contributed by atoms with van der Waals surface area (Å²) in [5.41, 5.74) is 3.70. The maximum absolute atomic E-state index is 11.7. The number of rotatable bonds is 6. The first-order valence-corrected chi connectivity index (χ1v) is 9.77. The Kier molecular flexibility index (Phi) is 5.44. The largest absolute Gasteiger partial charge is 0.465 e. The van der Waals surface area contributed by atoms with Gasteiger partial charge in [-0.05, 0) is 37.5 Å². The first-order valence-electron chi connectivity index (χ1n) is 9.77. The van der Waals surface area contributed by atoms with Crippen molar-refractivity contribution in [2.24, 2.45) is 0 Å². The number of ether oxygens (including phenoxy) is 2. The first kappa shape index (κ1) is 19.3. The van der Waals surface area contributed by atoms with Crippen LogP contribution >= 0.6 is 0 Å². The van der Waals surface area contributed by atoms with Gasteiger partial charge in [-0.1, -0.05) is 12.1 Å². The third-order valence-electron chi connectivity index (χ3n) is 5.24. The molecule has 0 N–H and O–H groups in total. The van der Waals surface area contributed by atoms with Crippen LogP contribution < -0.4 is 4.90 Å². The Labute approximate surface area is 169 Å². The van der Waals surface area contributed by atoms with E-state index in [1.165, 1.54) is 7.11 Å². The molecule has 1 aliphatic rings. The van der Waals surface area contributed by atoms with Crippen LogP contribution in [0.1, 0.15) is 45.8 Å². The highest BCUT2D eigenvalue weighted by atomic mass is 16.5. The minimum atomic E-state index is -0.332. The molecule has 3 heterocycles. The van der Waals surface area contributed by atoms with E-state index in [1.807, 2.05) is 23.6 Å². The monoisotopic (exact) mass is 395 g/mol. The van der Waals surface area contributed by atoms with Gasteiger partial charge in [0.1, 0.15) is 12.4 Å². The fourth-order valence-electron chi connectivity index (χ4n) is 3.80. The van der Waals surface area contributed by atoms with Crippen molar-refractivity contribution >= 4 is 17.6 Å². The van der Waals surface area contributed by atoms with Crippen LogP contribution in [0.3, 0.4) is 0 Å². The minimum Gasteiger partial charge on any atom is -0.465 e. The number of fused-ring (bicyclic) bond motifs is 1. The van der Waals surface area contributed by atoms with Crippen LogP contribution in [0.25, 0.3) is 5.78 Å². The molecule has 0 spiro atoms. The van der Waals surface area contributed by atoms with E-state index in [9.17, 15) is 4.79 Å². The maximum Gasteiger partial charge on any atom is 0.337 e. The van der Waals surface area contributed by atoms with Gasteiger partial charge < -0.3 is 14.4 Å². The van der Waals surface area contributed by atoms with E-state index in [1.54, 1.807) is 19.2 Å². The molecule has 0 aliphatic carbocycles. The lowest BCUT2D eigenvalue weighted by Gasteiger charge is -2.23. The molecule has 0 saturated carbocycles. The Hall–Kier alpha value is -3.00. The average molecular weight is 395 g/mol. The van der Waals surface area contributed by atoms with Crippen molar-refractivity contribution < 1.29 is 14.3 Å². The summed E-state index contributed by atoms with van der Waals surface area (Å²) in [6, 6.07) is 7.51. The van der Waals surface area contributed by atoms with Gasteiger partial charge in [-0.3, -0.25) is 0 Å². The zero-order valence-electron chi connectivity index (χ0n) is 17.0. The van der Waals surface area contributed by atoms with Gasteiger partial charge in [0.2, 0.25) is 0 Å². The normalized spacial score (nSPS) is 14.0. The van der Waals surface area contributed by atoms with Crippen LogP contribution in [0.15, 0.2) is 24.3 Å². The number of aryl methyl sites for hydroxylation is 1. The van der Waals surface area contributed by atoms with Crippen molar-refractivity contribution in [3.63, 3.8) is 0 Å². The molecule has 1 aromatic carbocycles. The predicted octanol–water partition coefficient (Wildman–Crippen LogP) is 2.56. The van der Waals surface area contributed by atoms with E-state index in [0.29, 0.717) is 30.2 Å². The number of carbonyl (C=O) groups is 1. The number of esters is 1. The number of aromatic nitrogens is 4. The Morgan fingerprint density at radius 1 is 1.10 bits per heavy atom. The van der Waals surface area contributed by atoms with Gasteiger partial charge in [0, 0.05) is 37.9 Å². The number of benzene rings is 1. The van der Waals surface area contributed by atoms with Gasteiger partial charge in [-0.25, -0.2) is 9.78 Å². The second kappa shape index (κ2) is 8.16. The van der Waals surface area contributed by atoms with E-state index in [4.69, 9.17) is 14.5 Å². The summed E-state index contributed by atoms with van der Waals surface area (Å²) >= 11 is 0. The summed E-state index contributed by atoms with van der Waals surface area (Å²) in [4.78, 5) is 23.3. The van der Waals surface area contributed by atoms with Crippen LogP contribution in [0, 0.1) is 6.92 Å². The van der Waals surface area contributed by atoms with Crippen LogP contribution in [0.4, 0.5) is 5.82 Å². The fraction of sp³-hybridized carbons (Fsp3) is 0.429. The number of methoxy groups -OCH3 is 2. The smallest absolute Gasteiger partial charge is 0.337 e. The second-order valence-electron chi connectivity index (χ2n) is 7.23. The molecule has 4 rings (SSSR count). The summed E-state index contributed by atoms with van der Waals surface area (Å²) in [7, 11) is 3.02. The lowest BCUT2D eigenvalue weighted by molar-refractivity contribution is 0.0600. The Bertz CT molecular complexity index is 1020. The van der Waals surface area contributed by atoms with Crippen LogP contribution in [-0.4, -0.2) is 52.9 Å². The summed E-state index contributed by atoms with van der Waals surface area (Å²) in [6.07, 6.45) is 3.02. The molecule has 8 nitrogen and oxygen atoms in total. The van der Waals surface area contributed by atoms with Gasteiger partial charge in [0.05, 0.1) is 12.7 Å². The zero-order valence-corrected chi connectivity index (χ0v) is 17.0. The van der Waals surface area contributed by atoms with Gasteiger partial charge in [-0.15, -0.1) is 5.10 Å². The van der Waals surface area contributed by atoms with Gasteiger partial charge in [0.25, 0.3) is 5.78 Å². The molecule has 0 bridgehead atoms. The molecule has 1 saturated heterocycles. The second-order valence-corrected chi connectivity index (χ2v) is 7.23. The molecule has 0 amide bonds. The van der Waals surface area contributed by atoms with Crippen LogP contribution in [0.5, 0.6) is 0 Å². The highest BCUT2D eigenvalue weighted by Gasteiger charge is 2.24. The zero-order chi connectivity index (χ0) is 20.4. The molecule has 0 unspecified atom stereocenters. The van der Waals surface area contributed by atoms with Gasteiger partial charge in [-0.2, -0.15) is 9.50 Å². The van der Waals surface area contributed by atoms with E-state index in [0.717, 1.165) is 48.6 Å². The highest BCUT2D eigenvalue weighted by Crippen LogP contribution is 2.29. The summed E-state index contributed by atoms with van der Waals surface area (Å²) in [6.45, 7) is 4.35. The topological polar surface area (TPSA) is 81.8 Å². The van der Waals surface area contributed by atoms with Crippen molar-refractivity contribution in [3.05, 3.63) is 52.5 Å². The first-order chi connectivity index (χ1) is 14.1. The standard InChI is InChI=1S/C21H25N5O3/c1-14-17(12-15-6-8-16(9-7-15)20(27)29-3)19(25-10-4-5-11-25)26-21(22-14)23-18(24-26)13-28-2/h6-9H,4-5,10-13H2,1-3H3. The number of anilines is 1. The predicted molar refractivity (Wildman–Crippen MR) is 108 cm³/mol. The Balaban J connectivity index is 1.77. The minimum absolute atomic E-state index is 0.332. The molecule has 152 valence electrons. The molecule has 1 fully saturated rings. The van der Waals surface area contributed by atoms with E-state index in [-0.39, 0.29) is 5.97 Å². The van der Waals surface area contributed by atoms with Crippen molar-refractivity contribution in [1.29, 1.82) is 0 Å².